The first-order chi connectivity index (χ1) is 10.1. The van der Waals surface area contributed by atoms with E-state index in [2.05, 4.69) is 24.1 Å². The summed E-state index contributed by atoms with van der Waals surface area (Å²) in [5.74, 6) is 0. The standard InChI is InChI=1S/C15H29N3O3/c1-4-20-7-5-6-16-15(19)18-10-13-8-17(12(2)3)9-14(11-18)21-13/h12-14H,4-11H2,1-3H3,(H,16,19)/t13-,14+. The van der Waals surface area contributed by atoms with E-state index >= 15 is 0 Å². The number of nitrogens with zero attached hydrogens (tertiary/aromatic N) is 2. The van der Waals surface area contributed by atoms with E-state index < -0.39 is 0 Å². The first-order valence-corrected chi connectivity index (χ1v) is 8.10. The lowest BCUT2D eigenvalue weighted by Gasteiger charge is -2.46. The molecule has 0 aromatic heterocycles. The van der Waals surface area contributed by atoms with Gasteiger partial charge in [-0.2, -0.15) is 0 Å². The fourth-order valence-corrected chi connectivity index (χ4v) is 2.94. The lowest BCUT2D eigenvalue weighted by Crippen LogP contribution is -2.62. The monoisotopic (exact) mass is 299 g/mol. The van der Waals surface area contributed by atoms with Crippen LogP contribution in [-0.2, 0) is 9.47 Å². The maximum Gasteiger partial charge on any atom is 0.317 e. The van der Waals surface area contributed by atoms with E-state index in [1.165, 1.54) is 0 Å². The van der Waals surface area contributed by atoms with Crippen LogP contribution in [-0.4, -0.2) is 80.0 Å². The molecule has 2 saturated heterocycles. The van der Waals surface area contributed by atoms with E-state index in [4.69, 9.17) is 9.47 Å². The van der Waals surface area contributed by atoms with Gasteiger partial charge in [-0.3, -0.25) is 4.90 Å². The van der Waals surface area contributed by atoms with Crippen molar-refractivity contribution in [1.29, 1.82) is 0 Å². The van der Waals surface area contributed by atoms with Crippen LogP contribution in [0.25, 0.3) is 0 Å². The number of carbonyl (C=O) groups is 1. The van der Waals surface area contributed by atoms with Gasteiger partial charge < -0.3 is 19.7 Å². The maximum absolute atomic E-state index is 12.2. The molecule has 0 aliphatic carbocycles. The van der Waals surface area contributed by atoms with Crippen LogP contribution in [0.1, 0.15) is 27.2 Å². The number of hydrogen-bond donors (Lipinski definition) is 1. The van der Waals surface area contributed by atoms with Gasteiger partial charge in [-0.1, -0.05) is 0 Å². The van der Waals surface area contributed by atoms with Gasteiger partial charge in [0.05, 0.1) is 12.2 Å². The molecule has 1 N–H and O–H groups in total. The summed E-state index contributed by atoms with van der Waals surface area (Å²) >= 11 is 0. The van der Waals surface area contributed by atoms with E-state index in [1.54, 1.807) is 0 Å². The predicted molar refractivity (Wildman–Crippen MR) is 81.5 cm³/mol. The molecule has 6 heteroatoms. The zero-order chi connectivity index (χ0) is 15.2. The van der Waals surface area contributed by atoms with Crippen LogP contribution >= 0.6 is 0 Å². The van der Waals surface area contributed by atoms with Gasteiger partial charge in [0.1, 0.15) is 0 Å². The second-order valence-electron chi connectivity index (χ2n) is 6.12. The van der Waals surface area contributed by atoms with E-state index in [0.29, 0.717) is 32.3 Å². The Labute approximate surface area is 127 Å². The maximum atomic E-state index is 12.2. The Morgan fingerprint density at radius 1 is 1.29 bits per heavy atom. The number of amides is 2. The molecule has 2 atom stereocenters. The van der Waals surface area contributed by atoms with Crippen molar-refractivity contribution >= 4 is 6.03 Å². The van der Waals surface area contributed by atoms with Crippen LogP contribution in [0, 0.1) is 0 Å². The Bertz CT molecular complexity index is 324. The minimum absolute atomic E-state index is 0.0304. The summed E-state index contributed by atoms with van der Waals surface area (Å²) in [7, 11) is 0. The summed E-state index contributed by atoms with van der Waals surface area (Å²) in [6, 6.07) is 0.570. The van der Waals surface area contributed by atoms with Crippen LogP contribution in [0.3, 0.4) is 0 Å². The highest BCUT2D eigenvalue weighted by Crippen LogP contribution is 2.20. The Morgan fingerprint density at radius 2 is 1.95 bits per heavy atom. The number of morpholine rings is 2. The minimum atomic E-state index is 0.0304. The van der Waals surface area contributed by atoms with Crippen molar-refractivity contribution in [2.24, 2.45) is 0 Å². The van der Waals surface area contributed by atoms with Gasteiger partial charge in [-0.05, 0) is 27.2 Å². The number of hydrogen-bond acceptors (Lipinski definition) is 4. The molecule has 2 aliphatic rings. The van der Waals surface area contributed by atoms with E-state index in [9.17, 15) is 4.79 Å². The molecule has 122 valence electrons. The Hall–Kier alpha value is -0.850. The molecule has 2 fully saturated rings. The topological polar surface area (TPSA) is 54.0 Å². The molecule has 2 rings (SSSR count). The second-order valence-corrected chi connectivity index (χ2v) is 6.12. The summed E-state index contributed by atoms with van der Waals surface area (Å²) in [6.07, 6.45) is 1.15. The van der Waals surface area contributed by atoms with E-state index in [-0.39, 0.29) is 18.2 Å². The number of nitrogens with one attached hydrogen (secondary N) is 1. The molecule has 6 nitrogen and oxygen atoms in total. The summed E-state index contributed by atoms with van der Waals surface area (Å²) in [5.41, 5.74) is 0. The molecule has 0 radical (unpaired) electrons. The molecule has 2 bridgehead atoms. The first-order valence-electron chi connectivity index (χ1n) is 8.10. The van der Waals surface area contributed by atoms with Gasteiger partial charge in [-0.25, -0.2) is 4.79 Å². The molecule has 0 spiro atoms. The Kier molecular flexibility index (Phi) is 6.26. The van der Waals surface area contributed by atoms with Crippen molar-refractivity contribution < 1.29 is 14.3 Å². The number of carbonyl (C=O) groups excluding carboxylic acids is 1. The number of urea groups is 1. The molecule has 2 aliphatic heterocycles. The summed E-state index contributed by atoms with van der Waals surface area (Å²) in [5, 5.41) is 2.97. The zero-order valence-corrected chi connectivity index (χ0v) is 13.5. The van der Waals surface area contributed by atoms with Crippen molar-refractivity contribution in [1.82, 2.24) is 15.1 Å². The van der Waals surface area contributed by atoms with Crippen LogP contribution in [0.4, 0.5) is 4.79 Å². The third kappa shape index (κ3) is 4.83. The van der Waals surface area contributed by atoms with Gasteiger partial charge in [0.2, 0.25) is 0 Å². The van der Waals surface area contributed by atoms with Crippen LogP contribution in [0.5, 0.6) is 0 Å². The van der Waals surface area contributed by atoms with Crippen molar-refractivity contribution in [3.05, 3.63) is 0 Å². The van der Waals surface area contributed by atoms with Crippen molar-refractivity contribution in [3.8, 4) is 0 Å². The minimum Gasteiger partial charge on any atom is -0.382 e. The fourth-order valence-electron chi connectivity index (χ4n) is 2.94. The third-order valence-electron chi connectivity index (χ3n) is 4.07. The van der Waals surface area contributed by atoms with Crippen LogP contribution in [0.2, 0.25) is 0 Å². The molecule has 0 aromatic carbocycles. The second kappa shape index (κ2) is 7.96. The van der Waals surface area contributed by atoms with Gasteiger partial charge >= 0.3 is 6.03 Å². The normalized spacial score (nSPS) is 26.2. The average Bonchev–Trinajstić information content (AvgIpc) is 2.45. The van der Waals surface area contributed by atoms with Crippen molar-refractivity contribution in [2.45, 2.75) is 45.4 Å². The Morgan fingerprint density at radius 3 is 2.52 bits per heavy atom. The molecule has 0 saturated carbocycles. The fraction of sp³-hybridized carbons (Fsp3) is 0.933. The highest BCUT2D eigenvalue weighted by atomic mass is 16.5. The molecular formula is C15H29N3O3. The van der Waals surface area contributed by atoms with Crippen LogP contribution < -0.4 is 5.32 Å². The Balaban J connectivity index is 1.72. The zero-order valence-electron chi connectivity index (χ0n) is 13.5. The van der Waals surface area contributed by atoms with Crippen molar-refractivity contribution in [2.75, 3.05) is 45.9 Å². The number of rotatable bonds is 6. The average molecular weight is 299 g/mol. The lowest BCUT2D eigenvalue weighted by molar-refractivity contribution is -0.134. The quantitative estimate of drug-likeness (QED) is 0.741. The first kappa shape index (κ1) is 16.5. The molecule has 21 heavy (non-hydrogen) atoms. The number of fused-ring (bicyclic) bond motifs is 2. The summed E-state index contributed by atoms with van der Waals surface area (Å²) in [4.78, 5) is 16.5. The molecule has 0 aromatic rings. The highest BCUT2D eigenvalue weighted by Gasteiger charge is 2.37. The molecule has 2 amide bonds. The van der Waals surface area contributed by atoms with Gasteiger partial charge in [0.15, 0.2) is 0 Å². The van der Waals surface area contributed by atoms with Gasteiger partial charge in [-0.15, -0.1) is 0 Å². The van der Waals surface area contributed by atoms with Crippen LogP contribution in [0.15, 0.2) is 0 Å². The molecule has 0 unspecified atom stereocenters. The smallest absolute Gasteiger partial charge is 0.317 e. The third-order valence-corrected chi connectivity index (χ3v) is 4.07. The van der Waals surface area contributed by atoms with E-state index in [1.807, 2.05) is 11.8 Å². The summed E-state index contributed by atoms with van der Waals surface area (Å²) < 4.78 is 11.2. The van der Waals surface area contributed by atoms with Gasteiger partial charge in [0.25, 0.3) is 0 Å². The lowest BCUT2D eigenvalue weighted by atomic mass is 10.1. The largest absolute Gasteiger partial charge is 0.382 e. The highest BCUT2D eigenvalue weighted by molar-refractivity contribution is 5.74. The van der Waals surface area contributed by atoms with Gasteiger partial charge in [0, 0.05) is 52.0 Å². The molecule has 2 heterocycles. The summed E-state index contributed by atoms with van der Waals surface area (Å²) in [6.45, 7) is 11.7. The van der Waals surface area contributed by atoms with E-state index in [0.717, 1.165) is 26.1 Å². The van der Waals surface area contributed by atoms with Crippen molar-refractivity contribution in [3.63, 3.8) is 0 Å². The molecular weight excluding hydrogens is 270 g/mol. The predicted octanol–water partition coefficient (Wildman–Crippen LogP) is 0.916. The number of ether oxygens (including phenoxy) is 2. The SMILES string of the molecule is CCOCCCNC(=O)N1C[C@@H]2CN(C(C)C)C[C@H](C1)O2.